The van der Waals surface area contributed by atoms with E-state index >= 15 is 0 Å². The molecule has 4 aromatic carbocycles. The molecule has 0 aliphatic rings. The third kappa shape index (κ3) is 14.6. The van der Waals surface area contributed by atoms with Gasteiger partial charge in [-0.25, -0.2) is 0 Å². The zero-order chi connectivity index (χ0) is 44.9. The van der Waals surface area contributed by atoms with E-state index in [0.717, 1.165) is 72.8 Å². The second kappa shape index (κ2) is 17.6. The molecular formula is C33H24F9N3O12S3. The fourth-order valence-corrected chi connectivity index (χ4v) is 4.92. The lowest BCUT2D eigenvalue weighted by Gasteiger charge is -2.15. The van der Waals surface area contributed by atoms with Gasteiger partial charge in [0, 0.05) is 34.9 Å². The minimum absolute atomic E-state index is 0.147. The molecule has 324 valence electrons. The summed E-state index contributed by atoms with van der Waals surface area (Å²) in [6.45, 7) is 0. The summed E-state index contributed by atoms with van der Waals surface area (Å²) in [6, 6.07) is 14.8. The molecule has 0 saturated carbocycles. The molecule has 4 rings (SSSR count). The lowest BCUT2D eigenvalue weighted by Crippen LogP contribution is -2.24. The number of ether oxygens (including phenoxy) is 3. The minimum Gasteiger partial charge on any atom is -0.457 e. The summed E-state index contributed by atoms with van der Waals surface area (Å²) < 4.78 is 219. The molecule has 0 aliphatic carbocycles. The van der Waals surface area contributed by atoms with E-state index in [9.17, 15) is 64.8 Å². The Morgan fingerprint density at radius 2 is 0.583 bits per heavy atom. The van der Waals surface area contributed by atoms with E-state index in [1.165, 1.54) is 18.2 Å². The van der Waals surface area contributed by atoms with E-state index in [1.807, 2.05) is 0 Å². The zero-order valence-electron chi connectivity index (χ0n) is 30.0. The SMILES string of the molecule is CS(=O)(=O)O/N=C(/c1ccc(Oc2cc(Oc3ccc(/C(=N/OS(C)(=O)=O)C(F)(F)F)cc3)cc(Oc3ccc(/C(=N/OS(C)(=O)=O)C(F)(F)F)cc3)c2)cc1)C(F)(F)F. The molecule has 0 amide bonds. The van der Waals surface area contributed by atoms with Crippen molar-refractivity contribution in [1.29, 1.82) is 0 Å². The summed E-state index contributed by atoms with van der Waals surface area (Å²) in [5.41, 5.74) is -7.07. The summed E-state index contributed by atoms with van der Waals surface area (Å²) in [6.07, 6.45) is -14.1. The van der Waals surface area contributed by atoms with Crippen LogP contribution in [0.2, 0.25) is 0 Å². The first-order valence-corrected chi connectivity index (χ1v) is 21.0. The highest BCUT2D eigenvalue weighted by Gasteiger charge is 2.40. The standard InChI is InChI=1S/C33H24F9N3O12S3/c1-58(46,47)55-43-28(31(34,35)36)19-4-10-22(11-5-19)52-25-16-26(53-23-12-6-20(7-13-23)29(32(37,38)39)44-56-59(2,48)49)18-27(17-25)54-24-14-8-21(9-15-24)30(33(40,41)42)45-57-60(3,50)51/h4-18H,1-3H3/b43-28-,44-29-,45-30-. The number of alkyl halides is 9. The zero-order valence-corrected chi connectivity index (χ0v) is 32.5. The van der Waals surface area contributed by atoms with Gasteiger partial charge in [-0.05, 0) is 72.8 Å². The van der Waals surface area contributed by atoms with Crippen LogP contribution in [-0.2, 0) is 43.2 Å². The van der Waals surface area contributed by atoms with Crippen LogP contribution < -0.4 is 14.2 Å². The van der Waals surface area contributed by atoms with Crippen molar-refractivity contribution in [3.63, 3.8) is 0 Å². The van der Waals surface area contributed by atoms with Crippen molar-refractivity contribution in [2.75, 3.05) is 18.8 Å². The molecule has 15 nitrogen and oxygen atoms in total. The normalized spacial score (nSPS) is 13.7. The Morgan fingerprint density at radius 3 is 0.750 bits per heavy atom. The topological polar surface area (TPSA) is 195 Å². The Bertz CT molecular complexity index is 2310. The number of nitrogens with zero attached hydrogens (tertiary/aromatic N) is 3. The van der Waals surface area contributed by atoms with Gasteiger partial charge < -0.3 is 14.2 Å². The van der Waals surface area contributed by atoms with E-state index in [1.54, 1.807) is 0 Å². The van der Waals surface area contributed by atoms with E-state index in [4.69, 9.17) is 14.2 Å². The van der Waals surface area contributed by atoms with Crippen molar-refractivity contribution >= 4 is 47.5 Å². The summed E-state index contributed by atoms with van der Waals surface area (Å²) in [7, 11) is -13.2. The molecule has 0 fully saturated rings. The number of rotatable bonds is 15. The quantitative estimate of drug-likeness (QED) is 0.0639. The maximum absolute atomic E-state index is 13.6. The molecule has 0 bridgehead atoms. The highest BCUT2D eigenvalue weighted by atomic mass is 32.2. The fraction of sp³-hybridized carbons (Fsp3) is 0.182. The fourth-order valence-electron chi connectivity index (χ4n) is 4.29. The molecule has 60 heavy (non-hydrogen) atoms. The van der Waals surface area contributed by atoms with Crippen molar-refractivity contribution in [3.8, 4) is 34.5 Å². The van der Waals surface area contributed by atoms with Crippen LogP contribution in [0.1, 0.15) is 16.7 Å². The average molecular weight is 922 g/mol. The Hall–Kier alpha value is -6.09. The third-order valence-corrected chi connectivity index (χ3v) is 7.58. The lowest BCUT2D eigenvalue weighted by atomic mass is 10.1. The van der Waals surface area contributed by atoms with Crippen LogP contribution in [0.5, 0.6) is 34.5 Å². The highest BCUT2D eigenvalue weighted by Crippen LogP contribution is 2.37. The predicted octanol–water partition coefficient (Wildman–Crippen LogP) is 7.79. The van der Waals surface area contributed by atoms with Gasteiger partial charge in [0.15, 0.2) is 17.1 Å². The molecular weight excluding hydrogens is 898 g/mol. The molecule has 0 aromatic heterocycles. The Labute approximate surface area is 333 Å². The van der Waals surface area contributed by atoms with Crippen molar-refractivity contribution < 1.29 is 91.8 Å². The van der Waals surface area contributed by atoms with Gasteiger partial charge in [-0.1, -0.05) is 15.5 Å². The molecule has 0 radical (unpaired) electrons. The molecule has 27 heteroatoms. The Kier molecular flexibility index (Phi) is 13.7. The molecule has 0 N–H and O–H groups in total. The first-order chi connectivity index (χ1) is 27.4. The number of hydrogen-bond acceptors (Lipinski definition) is 15. The van der Waals surface area contributed by atoms with Crippen LogP contribution in [0, 0.1) is 0 Å². The van der Waals surface area contributed by atoms with Crippen molar-refractivity contribution in [1.82, 2.24) is 0 Å². The van der Waals surface area contributed by atoms with Gasteiger partial charge in [-0.3, -0.25) is 12.9 Å². The minimum atomic E-state index is -5.17. The smallest absolute Gasteiger partial charge is 0.437 e. The van der Waals surface area contributed by atoms with Gasteiger partial charge in [0.25, 0.3) is 0 Å². The predicted molar refractivity (Wildman–Crippen MR) is 192 cm³/mol. The van der Waals surface area contributed by atoms with Crippen molar-refractivity contribution in [3.05, 3.63) is 108 Å². The number of benzene rings is 4. The number of oxime groups is 3. The van der Waals surface area contributed by atoms with Crippen LogP contribution in [-0.4, -0.2) is 79.7 Å². The molecule has 0 spiro atoms. The van der Waals surface area contributed by atoms with Crippen LogP contribution >= 0.6 is 0 Å². The van der Waals surface area contributed by atoms with Gasteiger partial charge in [-0.2, -0.15) is 64.8 Å². The van der Waals surface area contributed by atoms with Crippen LogP contribution in [0.15, 0.2) is 106 Å². The van der Waals surface area contributed by atoms with Crippen molar-refractivity contribution in [2.24, 2.45) is 15.5 Å². The second-order valence-electron chi connectivity index (χ2n) is 11.7. The van der Waals surface area contributed by atoms with Gasteiger partial charge in [0.2, 0.25) is 0 Å². The summed E-state index contributed by atoms with van der Waals surface area (Å²) in [5.74, 6) is -0.975. The lowest BCUT2D eigenvalue weighted by molar-refractivity contribution is -0.0606. The van der Waals surface area contributed by atoms with Gasteiger partial charge >= 0.3 is 48.9 Å². The first kappa shape index (κ1) is 46.6. The Morgan fingerprint density at radius 1 is 0.383 bits per heavy atom. The molecule has 0 atom stereocenters. The van der Waals surface area contributed by atoms with E-state index in [0.29, 0.717) is 18.8 Å². The highest BCUT2D eigenvalue weighted by molar-refractivity contribution is 7.86. The largest absolute Gasteiger partial charge is 0.457 e. The van der Waals surface area contributed by atoms with Gasteiger partial charge in [-0.15, -0.1) is 0 Å². The van der Waals surface area contributed by atoms with E-state index < -0.39 is 82.7 Å². The first-order valence-electron chi connectivity index (χ1n) is 15.6. The maximum atomic E-state index is 13.6. The third-order valence-electron chi connectivity index (χ3n) is 6.54. The number of hydrogen-bond donors (Lipinski definition) is 0. The van der Waals surface area contributed by atoms with Crippen molar-refractivity contribution in [2.45, 2.75) is 18.5 Å². The molecule has 0 heterocycles. The summed E-state index contributed by atoms with van der Waals surface area (Å²) >= 11 is 0. The Balaban J connectivity index is 1.71. The molecule has 0 unspecified atom stereocenters. The van der Waals surface area contributed by atoms with Crippen LogP contribution in [0.3, 0.4) is 0 Å². The summed E-state index contributed by atoms with van der Waals surface area (Å²) in [4.78, 5) is 0. The molecule has 0 saturated heterocycles. The summed E-state index contributed by atoms with van der Waals surface area (Å²) in [5, 5.41) is 8.07. The molecule has 4 aromatic rings. The van der Waals surface area contributed by atoms with Crippen LogP contribution in [0.4, 0.5) is 39.5 Å². The molecule has 0 aliphatic heterocycles. The number of halogens is 9. The van der Waals surface area contributed by atoms with Gasteiger partial charge in [0.05, 0.1) is 18.8 Å². The maximum Gasteiger partial charge on any atom is 0.437 e. The van der Waals surface area contributed by atoms with E-state index in [2.05, 4.69) is 28.3 Å². The van der Waals surface area contributed by atoms with E-state index in [-0.39, 0.29) is 34.5 Å². The van der Waals surface area contributed by atoms with Crippen LogP contribution in [0.25, 0.3) is 0 Å². The second-order valence-corrected chi connectivity index (χ2v) is 16.3. The monoisotopic (exact) mass is 921 g/mol. The van der Waals surface area contributed by atoms with Gasteiger partial charge in [0.1, 0.15) is 34.5 Å². The average Bonchev–Trinajstić information content (AvgIpc) is 3.07.